The molecule has 0 aliphatic rings. The minimum absolute atomic E-state index is 0.0222. The topological polar surface area (TPSA) is 4.41 Å². The Morgan fingerprint density at radius 3 is 1.48 bits per heavy atom. The molecule has 204 valence electrons. The predicted molar refractivity (Wildman–Crippen MR) is 183 cm³/mol. The van der Waals surface area contributed by atoms with Crippen LogP contribution in [0.25, 0.3) is 71.1 Å². The SMILES string of the molecule is CC(C)(C)c1cc2c3ccccc3c3c(-c4ccccc4Cl)c(-c4c(Cl)cccc4Cl)c4c5ccccc5c(c1)c2n34. The van der Waals surface area contributed by atoms with Gasteiger partial charge in [-0.3, -0.25) is 0 Å². The summed E-state index contributed by atoms with van der Waals surface area (Å²) in [4.78, 5) is 0. The van der Waals surface area contributed by atoms with Gasteiger partial charge in [0.15, 0.2) is 0 Å². The van der Waals surface area contributed by atoms with Crippen LogP contribution in [-0.2, 0) is 5.41 Å². The lowest BCUT2D eigenvalue weighted by Gasteiger charge is -2.23. The fourth-order valence-corrected chi connectivity index (χ4v) is 7.60. The fourth-order valence-electron chi connectivity index (χ4n) is 6.78. The average molecular weight is 603 g/mol. The fraction of sp³-hybridized carbons (Fsp3) is 0.105. The van der Waals surface area contributed by atoms with Crippen molar-refractivity contribution in [3.63, 3.8) is 0 Å². The summed E-state index contributed by atoms with van der Waals surface area (Å²) in [5.41, 5.74) is 8.45. The van der Waals surface area contributed by atoms with Crippen molar-refractivity contribution >= 4 is 83.7 Å². The molecule has 0 bridgehead atoms. The Morgan fingerprint density at radius 2 is 0.929 bits per heavy atom. The molecule has 3 aromatic heterocycles. The van der Waals surface area contributed by atoms with Crippen molar-refractivity contribution in [1.29, 1.82) is 0 Å². The zero-order chi connectivity index (χ0) is 28.9. The van der Waals surface area contributed by atoms with Crippen LogP contribution < -0.4 is 0 Å². The Balaban J connectivity index is 1.80. The number of benzene rings is 5. The highest BCUT2D eigenvalue weighted by Gasteiger charge is 2.30. The lowest BCUT2D eigenvalue weighted by molar-refractivity contribution is 0.592. The molecule has 0 unspecified atom stereocenters. The monoisotopic (exact) mass is 601 g/mol. The molecule has 4 heteroatoms. The number of aromatic nitrogens is 1. The van der Waals surface area contributed by atoms with Gasteiger partial charge in [0.05, 0.1) is 16.6 Å². The second-order valence-corrected chi connectivity index (χ2v) is 13.3. The van der Waals surface area contributed by atoms with E-state index >= 15 is 0 Å². The standard InChI is InChI=1S/C38H26Cl3N/c1-38(2,3)21-19-27-22-11-4-6-13-24(22)36-32(26-15-8-9-16-29(26)39)34(33-30(40)17-10-18-31(33)41)37-25-14-7-5-12-23(25)28(20-21)35(27)42(36)37/h4-20H,1-3H3. The van der Waals surface area contributed by atoms with Crippen molar-refractivity contribution in [3.05, 3.63) is 124 Å². The van der Waals surface area contributed by atoms with Gasteiger partial charge in [-0.1, -0.05) is 128 Å². The number of fused-ring (bicyclic) bond motifs is 6. The third kappa shape index (κ3) is 3.51. The van der Waals surface area contributed by atoms with Gasteiger partial charge in [-0.25, -0.2) is 0 Å². The summed E-state index contributed by atoms with van der Waals surface area (Å²) in [7, 11) is 0. The molecule has 3 heterocycles. The van der Waals surface area contributed by atoms with Gasteiger partial charge in [0.25, 0.3) is 0 Å². The van der Waals surface area contributed by atoms with Crippen LogP contribution in [0, 0.1) is 0 Å². The highest BCUT2D eigenvalue weighted by atomic mass is 35.5. The van der Waals surface area contributed by atoms with Crippen LogP contribution >= 0.6 is 34.8 Å². The lowest BCUT2D eigenvalue weighted by atomic mass is 9.84. The quantitative estimate of drug-likeness (QED) is 0.137. The highest BCUT2D eigenvalue weighted by molar-refractivity contribution is 6.42. The van der Waals surface area contributed by atoms with Crippen molar-refractivity contribution in [2.75, 3.05) is 0 Å². The number of hydrogen-bond acceptors (Lipinski definition) is 0. The molecular formula is C38H26Cl3N. The molecule has 0 fully saturated rings. The third-order valence-corrected chi connectivity index (χ3v) is 9.63. The van der Waals surface area contributed by atoms with Gasteiger partial charge in [-0.2, -0.15) is 0 Å². The van der Waals surface area contributed by atoms with Gasteiger partial charge in [0, 0.05) is 58.9 Å². The van der Waals surface area contributed by atoms with E-state index in [4.69, 9.17) is 34.8 Å². The average Bonchev–Trinajstić information content (AvgIpc) is 3.32. The smallest absolute Gasteiger partial charge is 0.0627 e. The summed E-state index contributed by atoms with van der Waals surface area (Å²) in [5, 5.41) is 9.07. The van der Waals surface area contributed by atoms with Crippen LogP contribution in [-0.4, -0.2) is 4.40 Å². The van der Waals surface area contributed by atoms with E-state index < -0.39 is 0 Å². The van der Waals surface area contributed by atoms with E-state index in [0.717, 1.165) is 44.1 Å². The zero-order valence-electron chi connectivity index (χ0n) is 23.4. The van der Waals surface area contributed by atoms with Gasteiger partial charge in [0.2, 0.25) is 0 Å². The van der Waals surface area contributed by atoms with Crippen molar-refractivity contribution in [2.24, 2.45) is 0 Å². The maximum absolute atomic E-state index is 7.04. The number of halogens is 3. The van der Waals surface area contributed by atoms with Gasteiger partial charge in [-0.15, -0.1) is 0 Å². The van der Waals surface area contributed by atoms with Crippen LogP contribution in [0.2, 0.25) is 15.1 Å². The second-order valence-electron chi connectivity index (χ2n) is 12.1. The van der Waals surface area contributed by atoms with Crippen LogP contribution in [0.15, 0.2) is 103 Å². The van der Waals surface area contributed by atoms with Crippen molar-refractivity contribution in [1.82, 2.24) is 4.40 Å². The molecule has 0 aliphatic heterocycles. The summed E-state index contributed by atoms with van der Waals surface area (Å²) < 4.78 is 2.45. The molecule has 0 N–H and O–H groups in total. The Hall–Kier alpha value is -3.75. The minimum atomic E-state index is -0.0222. The molecule has 5 aromatic carbocycles. The van der Waals surface area contributed by atoms with Crippen LogP contribution in [0.3, 0.4) is 0 Å². The van der Waals surface area contributed by atoms with E-state index in [0.29, 0.717) is 15.1 Å². The summed E-state index contributed by atoms with van der Waals surface area (Å²) in [6.07, 6.45) is 0. The lowest BCUT2D eigenvalue weighted by Crippen LogP contribution is -2.11. The third-order valence-electron chi connectivity index (χ3n) is 8.67. The first-order valence-corrected chi connectivity index (χ1v) is 15.3. The first-order valence-electron chi connectivity index (χ1n) is 14.1. The van der Waals surface area contributed by atoms with Crippen LogP contribution in [0.5, 0.6) is 0 Å². The van der Waals surface area contributed by atoms with E-state index in [1.807, 2.05) is 36.4 Å². The molecule has 0 saturated heterocycles. The Bertz CT molecular complexity index is 2330. The van der Waals surface area contributed by atoms with E-state index in [9.17, 15) is 0 Å². The Labute approximate surface area is 259 Å². The largest absolute Gasteiger partial charge is 0.307 e. The number of hydrogen-bond donors (Lipinski definition) is 0. The molecule has 0 aliphatic carbocycles. The number of nitrogens with zero attached hydrogens (tertiary/aromatic N) is 1. The summed E-state index contributed by atoms with van der Waals surface area (Å²) in [6, 6.07) is 36.0. The Morgan fingerprint density at radius 1 is 0.452 bits per heavy atom. The number of rotatable bonds is 2. The van der Waals surface area contributed by atoms with Crippen LogP contribution in [0.1, 0.15) is 26.3 Å². The zero-order valence-corrected chi connectivity index (χ0v) is 25.7. The first-order chi connectivity index (χ1) is 20.3. The summed E-state index contributed by atoms with van der Waals surface area (Å²) >= 11 is 21.1. The predicted octanol–water partition coefficient (Wildman–Crippen LogP) is 12.6. The molecule has 1 nitrogen and oxygen atoms in total. The Kier molecular flexibility index (Phi) is 5.63. The van der Waals surface area contributed by atoms with E-state index in [1.165, 1.54) is 32.6 Å². The van der Waals surface area contributed by atoms with E-state index in [-0.39, 0.29) is 5.41 Å². The molecule has 0 spiro atoms. The molecular weight excluding hydrogens is 577 g/mol. The van der Waals surface area contributed by atoms with E-state index in [2.05, 4.69) is 91.9 Å². The molecule has 0 atom stereocenters. The second kappa shape index (κ2) is 9.12. The molecule has 42 heavy (non-hydrogen) atoms. The van der Waals surface area contributed by atoms with Crippen molar-refractivity contribution < 1.29 is 0 Å². The molecule has 8 aromatic rings. The van der Waals surface area contributed by atoms with Crippen molar-refractivity contribution in [3.8, 4) is 22.3 Å². The summed E-state index contributed by atoms with van der Waals surface area (Å²) in [5.74, 6) is 0. The van der Waals surface area contributed by atoms with Crippen LogP contribution in [0.4, 0.5) is 0 Å². The van der Waals surface area contributed by atoms with Gasteiger partial charge >= 0.3 is 0 Å². The van der Waals surface area contributed by atoms with E-state index in [1.54, 1.807) is 0 Å². The summed E-state index contributed by atoms with van der Waals surface area (Å²) in [6.45, 7) is 6.85. The maximum Gasteiger partial charge on any atom is 0.0627 e. The van der Waals surface area contributed by atoms with Gasteiger partial charge in [-0.05, 0) is 52.1 Å². The van der Waals surface area contributed by atoms with Gasteiger partial charge in [0.1, 0.15) is 0 Å². The first kappa shape index (κ1) is 25.9. The molecule has 0 amide bonds. The maximum atomic E-state index is 7.04. The minimum Gasteiger partial charge on any atom is -0.307 e. The highest BCUT2D eigenvalue weighted by Crippen LogP contribution is 2.53. The molecule has 8 rings (SSSR count). The van der Waals surface area contributed by atoms with Crippen molar-refractivity contribution in [2.45, 2.75) is 26.2 Å². The molecule has 0 saturated carbocycles. The molecule has 0 radical (unpaired) electrons. The normalized spacial score (nSPS) is 12.5. The van der Waals surface area contributed by atoms with Gasteiger partial charge < -0.3 is 4.40 Å². The number of pyridine rings is 2.